The fourth-order valence-corrected chi connectivity index (χ4v) is 3.76. The highest BCUT2D eigenvalue weighted by Gasteiger charge is 2.18. The van der Waals surface area contributed by atoms with Gasteiger partial charge in [0.15, 0.2) is 5.82 Å². The van der Waals surface area contributed by atoms with Crippen LogP contribution in [-0.2, 0) is 0 Å². The third-order valence-electron chi connectivity index (χ3n) is 4.30. The molecule has 1 saturated heterocycles. The minimum Gasteiger partial charge on any atom is -0.392 e. The zero-order valence-electron chi connectivity index (χ0n) is 14.6. The maximum atomic E-state index is 9.44. The molecule has 1 fully saturated rings. The van der Waals surface area contributed by atoms with Gasteiger partial charge in [0.1, 0.15) is 11.6 Å². The van der Waals surface area contributed by atoms with E-state index in [0.717, 1.165) is 41.1 Å². The van der Waals surface area contributed by atoms with Crippen molar-refractivity contribution in [1.82, 2.24) is 20.3 Å². The standard InChI is InChI=1S/C18H22N6OS/c1-11(25)9-21-15-8-12(2-6-20-15)17-23-14-4-7-26-16(14)18(24-17)22-13-3-5-19-10-13/h2,4,6-8,11,13,19,25H,3,5,9-10H2,1H3,(H,20,21)(H,22,23,24)/t11-,13+/m0/s1. The largest absolute Gasteiger partial charge is 0.392 e. The normalized spacial score (nSPS) is 18.2. The van der Waals surface area contributed by atoms with Crippen molar-refractivity contribution in [3.8, 4) is 11.4 Å². The van der Waals surface area contributed by atoms with Gasteiger partial charge in [-0.2, -0.15) is 0 Å². The molecule has 3 aromatic heterocycles. The van der Waals surface area contributed by atoms with E-state index in [1.807, 2.05) is 23.6 Å². The van der Waals surface area contributed by atoms with Crippen molar-refractivity contribution >= 4 is 33.2 Å². The third kappa shape index (κ3) is 3.77. The summed E-state index contributed by atoms with van der Waals surface area (Å²) in [5.74, 6) is 2.27. The van der Waals surface area contributed by atoms with Crippen molar-refractivity contribution in [2.24, 2.45) is 0 Å². The number of nitrogens with one attached hydrogen (secondary N) is 3. The van der Waals surface area contributed by atoms with Gasteiger partial charge in [-0.05, 0) is 43.5 Å². The van der Waals surface area contributed by atoms with Crippen LogP contribution in [0.1, 0.15) is 13.3 Å². The highest BCUT2D eigenvalue weighted by atomic mass is 32.1. The Labute approximate surface area is 155 Å². The van der Waals surface area contributed by atoms with E-state index in [0.29, 0.717) is 24.2 Å². The van der Waals surface area contributed by atoms with Crippen LogP contribution in [0.5, 0.6) is 0 Å². The molecule has 4 N–H and O–H groups in total. The molecular weight excluding hydrogens is 348 g/mol. The fraction of sp³-hybridized carbons (Fsp3) is 0.389. The van der Waals surface area contributed by atoms with E-state index in [2.05, 4.69) is 20.9 Å². The van der Waals surface area contributed by atoms with Crippen LogP contribution in [0, 0.1) is 0 Å². The number of aliphatic hydroxyl groups is 1. The summed E-state index contributed by atoms with van der Waals surface area (Å²) in [6.07, 6.45) is 2.39. The Kier molecular flexibility index (Phi) is 4.96. The lowest BCUT2D eigenvalue weighted by Crippen LogP contribution is -2.22. The van der Waals surface area contributed by atoms with E-state index in [4.69, 9.17) is 9.97 Å². The molecule has 0 spiro atoms. The number of hydrogen-bond donors (Lipinski definition) is 4. The quantitative estimate of drug-likeness (QED) is 0.529. The summed E-state index contributed by atoms with van der Waals surface area (Å²) in [6.45, 7) is 4.17. The van der Waals surface area contributed by atoms with Crippen molar-refractivity contribution < 1.29 is 5.11 Å². The Morgan fingerprint density at radius 1 is 1.38 bits per heavy atom. The summed E-state index contributed by atoms with van der Waals surface area (Å²) in [4.78, 5) is 13.8. The molecule has 7 nitrogen and oxygen atoms in total. The predicted octanol–water partition coefficient (Wildman–Crippen LogP) is 2.32. The van der Waals surface area contributed by atoms with Gasteiger partial charge < -0.3 is 21.1 Å². The van der Waals surface area contributed by atoms with E-state index in [1.54, 1.807) is 24.5 Å². The van der Waals surface area contributed by atoms with E-state index in [1.165, 1.54) is 0 Å². The summed E-state index contributed by atoms with van der Waals surface area (Å²) in [5.41, 5.74) is 1.84. The van der Waals surface area contributed by atoms with Crippen LogP contribution in [0.4, 0.5) is 11.6 Å². The van der Waals surface area contributed by atoms with E-state index >= 15 is 0 Å². The molecule has 2 atom stereocenters. The summed E-state index contributed by atoms with van der Waals surface area (Å²) < 4.78 is 1.09. The molecule has 0 radical (unpaired) electrons. The molecule has 0 aromatic carbocycles. The highest BCUT2D eigenvalue weighted by Crippen LogP contribution is 2.30. The Bertz CT molecular complexity index is 890. The minimum atomic E-state index is -0.435. The second-order valence-electron chi connectivity index (χ2n) is 6.52. The molecular formula is C18H22N6OS. The Morgan fingerprint density at radius 3 is 3.12 bits per heavy atom. The average molecular weight is 370 g/mol. The molecule has 1 aliphatic rings. The van der Waals surface area contributed by atoms with Crippen molar-refractivity contribution in [2.75, 3.05) is 30.3 Å². The average Bonchev–Trinajstić information content (AvgIpc) is 3.31. The van der Waals surface area contributed by atoms with Crippen molar-refractivity contribution in [2.45, 2.75) is 25.5 Å². The van der Waals surface area contributed by atoms with Crippen LogP contribution < -0.4 is 16.0 Å². The molecule has 0 unspecified atom stereocenters. The van der Waals surface area contributed by atoms with Gasteiger partial charge in [-0.1, -0.05) is 0 Å². The molecule has 4 rings (SSSR count). The van der Waals surface area contributed by atoms with Crippen LogP contribution in [0.15, 0.2) is 29.8 Å². The second kappa shape index (κ2) is 7.53. The minimum absolute atomic E-state index is 0.392. The van der Waals surface area contributed by atoms with Crippen molar-refractivity contribution in [3.05, 3.63) is 29.8 Å². The topological polar surface area (TPSA) is 95.0 Å². The van der Waals surface area contributed by atoms with Gasteiger partial charge in [-0.15, -0.1) is 11.3 Å². The molecule has 0 amide bonds. The molecule has 0 saturated carbocycles. The first-order valence-electron chi connectivity index (χ1n) is 8.80. The van der Waals surface area contributed by atoms with Crippen LogP contribution in [0.3, 0.4) is 0 Å². The molecule has 26 heavy (non-hydrogen) atoms. The Hall–Kier alpha value is -2.29. The van der Waals surface area contributed by atoms with Crippen LogP contribution in [-0.4, -0.2) is 51.8 Å². The van der Waals surface area contributed by atoms with E-state index in [9.17, 15) is 5.11 Å². The number of nitrogens with zero attached hydrogens (tertiary/aromatic N) is 3. The number of aromatic nitrogens is 3. The molecule has 3 aromatic rings. The lowest BCUT2D eigenvalue weighted by atomic mass is 10.2. The summed E-state index contributed by atoms with van der Waals surface area (Å²) in [6, 6.07) is 6.24. The smallest absolute Gasteiger partial charge is 0.162 e. The van der Waals surface area contributed by atoms with Gasteiger partial charge in [-0.3, -0.25) is 0 Å². The fourth-order valence-electron chi connectivity index (χ4n) is 2.98. The van der Waals surface area contributed by atoms with Crippen LogP contribution >= 0.6 is 11.3 Å². The Balaban J connectivity index is 1.66. The first kappa shape index (κ1) is 17.1. The second-order valence-corrected chi connectivity index (χ2v) is 7.44. The monoisotopic (exact) mass is 370 g/mol. The maximum absolute atomic E-state index is 9.44. The summed E-state index contributed by atoms with van der Waals surface area (Å²) in [5, 5.41) is 21.5. The van der Waals surface area contributed by atoms with Gasteiger partial charge >= 0.3 is 0 Å². The first-order chi connectivity index (χ1) is 12.7. The number of thiophene rings is 1. The molecule has 0 bridgehead atoms. The molecule has 8 heteroatoms. The van der Waals surface area contributed by atoms with Crippen molar-refractivity contribution in [1.29, 1.82) is 0 Å². The Morgan fingerprint density at radius 2 is 2.31 bits per heavy atom. The maximum Gasteiger partial charge on any atom is 0.162 e. The number of aliphatic hydroxyl groups excluding tert-OH is 1. The third-order valence-corrected chi connectivity index (χ3v) is 5.21. The van der Waals surface area contributed by atoms with Gasteiger partial charge in [0.05, 0.1) is 16.3 Å². The van der Waals surface area contributed by atoms with Gasteiger partial charge in [0.2, 0.25) is 0 Å². The molecule has 136 valence electrons. The first-order valence-corrected chi connectivity index (χ1v) is 9.68. The number of fused-ring (bicyclic) bond motifs is 1. The summed E-state index contributed by atoms with van der Waals surface area (Å²) in [7, 11) is 0. The molecule has 4 heterocycles. The summed E-state index contributed by atoms with van der Waals surface area (Å²) >= 11 is 1.66. The van der Waals surface area contributed by atoms with Gasteiger partial charge in [-0.25, -0.2) is 15.0 Å². The van der Waals surface area contributed by atoms with E-state index in [-0.39, 0.29) is 0 Å². The van der Waals surface area contributed by atoms with Gasteiger partial charge in [0.25, 0.3) is 0 Å². The van der Waals surface area contributed by atoms with Crippen molar-refractivity contribution in [3.63, 3.8) is 0 Å². The zero-order chi connectivity index (χ0) is 17.9. The SMILES string of the molecule is C[C@H](O)CNc1cc(-c2nc(N[C@@H]3CCNC3)c3sccc3n2)ccn1. The number of pyridine rings is 1. The lowest BCUT2D eigenvalue weighted by Gasteiger charge is -2.14. The lowest BCUT2D eigenvalue weighted by molar-refractivity contribution is 0.208. The van der Waals surface area contributed by atoms with E-state index < -0.39 is 6.10 Å². The number of hydrogen-bond acceptors (Lipinski definition) is 8. The predicted molar refractivity (Wildman–Crippen MR) is 106 cm³/mol. The van der Waals surface area contributed by atoms with Crippen LogP contribution in [0.2, 0.25) is 0 Å². The highest BCUT2D eigenvalue weighted by molar-refractivity contribution is 7.17. The van der Waals surface area contributed by atoms with Crippen LogP contribution in [0.25, 0.3) is 21.6 Å². The molecule has 1 aliphatic heterocycles. The number of rotatable bonds is 6. The zero-order valence-corrected chi connectivity index (χ0v) is 15.4. The number of anilines is 2. The molecule has 0 aliphatic carbocycles. The van der Waals surface area contributed by atoms with Gasteiger partial charge in [0, 0.05) is 30.9 Å².